The predicted molar refractivity (Wildman–Crippen MR) is 105 cm³/mol. The van der Waals surface area contributed by atoms with Gasteiger partial charge in [0.2, 0.25) is 5.91 Å². The van der Waals surface area contributed by atoms with Gasteiger partial charge >= 0.3 is 0 Å². The molecule has 0 spiro atoms. The maximum absolute atomic E-state index is 11.6. The Morgan fingerprint density at radius 1 is 1.24 bits per heavy atom. The normalized spacial score (nSPS) is 16.5. The quantitative estimate of drug-likeness (QED) is 0.646. The minimum atomic E-state index is -0.242. The zero-order valence-corrected chi connectivity index (χ0v) is 17.1. The van der Waals surface area contributed by atoms with E-state index in [2.05, 4.69) is 20.4 Å². The van der Waals surface area contributed by atoms with Gasteiger partial charge in [-0.05, 0) is 48.5 Å². The van der Waals surface area contributed by atoms with E-state index in [1.54, 1.807) is 26.0 Å². The molecule has 0 bridgehead atoms. The summed E-state index contributed by atoms with van der Waals surface area (Å²) in [6, 6.07) is 5.47. The summed E-state index contributed by atoms with van der Waals surface area (Å²) in [6.45, 7) is 2.43. The lowest BCUT2D eigenvalue weighted by Gasteiger charge is -2.36. The average molecular weight is 404 g/mol. The fourth-order valence-electron chi connectivity index (χ4n) is 3.73. The minimum Gasteiger partial charge on any atom is -0.497 e. The topological polar surface area (TPSA) is 118 Å². The van der Waals surface area contributed by atoms with Gasteiger partial charge in [-0.3, -0.25) is 9.69 Å². The van der Waals surface area contributed by atoms with Crippen LogP contribution < -0.4 is 15.2 Å². The van der Waals surface area contributed by atoms with Crippen LogP contribution in [0.25, 0.3) is 0 Å². The van der Waals surface area contributed by atoms with E-state index >= 15 is 0 Å². The third-order valence-electron chi connectivity index (χ3n) is 5.34. The highest BCUT2D eigenvalue weighted by Crippen LogP contribution is 2.37. The number of amides is 1. The van der Waals surface area contributed by atoms with E-state index in [-0.39, 0.29) is 17.9 Å². The number of piperidine rings is 1. The number of primary amides is 1. The van der Waals surface area contributed by atoms with Crippen molar-refractivity contribution < 1.29 is 19.0 Å². The summed E-state index contributed by atoms with van der Waals surface area (Å²) in [5.74, 6) is 1.74. The summed E-state index contributed by atoms with van der Waals surface area (Å²) in [6.07, 6.45) is 1.40. The first kappa shape index (κ1) is 21.0. The van der Waals surface area contributed by atoms with E-state index in [0.29, 0.717) is 56.4 Å². The molecule has 1 aromatic heterocycles. The Kier molecular flexibility index (Phi) is 6.99. The second-order valence-electron chi connectivity index (χ2n) is 6.98. The van der Waals surface area contributed by atoms with E-state index in [4.69, 9.17) is 19.9 Å². The van der Waals surface area contributed by atoms with Crippen molar-refractivity contribution >= 4 is 5.91 Å². The molecule has 1 aliphatic rings. The number of hydrogen-bond donors (Lipinski definition) is 1. The van der Waals surface area contributed by atoms with Gasteiger partial charge < -0.3 is 19.9 Å². The molecular weight excluding hydrogens is 376 g/mol. The summed E-state index contributed by atoms with van der Waals surface area (Å²) in [4.78, 5) is 13.9. The number of benzene rings is 1. The van der Waals surface area contributed by atoms with Crippen molar-refractivity contribution in [2.45, 2.75) is 25.4 Å². The number of ether oxygens (including phenoxy) is 3. The number of carbonyl (C=O) groups is 1. The van der Waals surface area contributed by atoms with E-state index in [1.807, 2.05) is 18.2 Å². The van der Waals surface area contributed by atoms with E-state index in [9.17, 15) is 4.79 Å². The zero-order chi connectivity index (χ0) is 20.8. The molecular formula is C19H28N6O4. The van der Waals surface area contributed by atoms with Crippen LogP contribution in [-0.2, 0) is 16.1 Å². The Bertz CT molecular complexity index is 819. The second kappa shape index (κ2) is 9.66. The largest absolute Gasteiger partial charge is 0.497 e. The van der Waals surface area contributed by atoms with Gasteiger partial charge in [-0.15, -0.1) is 5.10 Å². The Hall–Kier alpha value is -2.72. The van der Waals surface area contributed by atoms with Crippen LogP contribution in [0.3, 0.4) is 0 Å². The Morgan fingerprint density at radius 2 is 2.00 bits per heavy atom. The minimum absolute atomic E-state index is 0.103. The van der Waals surface area contributed by atoms with Crippen molar-refractivity contribution in [3.8, 4) is 11.5 Å². The molecule has 0 radical (unpaired) electrons. The fourth-order valence-corrected chi connectivity index (χ4v) is 3.73. The third kappa shape index (κ3) is 4.65. The Balaban J connectivity index is 1.99. The first-order valence-electron chi connectivity index (χ1n) is 9.59. The van der Waals surface area contributed by atoms with Gasteiger partial charge in [-0.1, -0.05) is 0 Å². The summed E-state index contributed by atoms with van der Waals surface area (Å²) in [5, 5.41) is 12.3. The summed E-state index contributed by atoms with van der Waals surface area (Å²) < 4.78 is 17.9. The maximum Gasteiger partial charge on any atom is 0.220 e. The van der Waals surface area contributed by atoms with Gasteiger partial charge in [0, 0.05) is 24.7 Å². The Morgan fingerprint density at radius 3 is 2.62 bits per heavy atom. The first-order valence-corrected chi connectivity index (χ1v) is 9.59. The second-order valence-corrected chi connectivity index (χ2v) is 6.98. The molecule has 10 heteroatoms. The summed E-state index contributed by atoms with van der Waals surface area (Å²) >= 11 is 0. The number of nitrogens with two attached hydrogens (primary N) is 1. The predicted octanol–water partition coefficient (Wildman–Crippen LogP) is 0.623. The lowest BCUT2D eigenvalue weighted by molar-refractivity contribution is -0.123. The smallest absolute Gasteiger partial charge is 0.220 e. The molecule has 3 rings (SSSR count). The molecule has 1 fully saturated rings. The van der Waals surface area contributed by atoms with Gasteiger partial charge in [-0.25, -0.2) is 4.68 Å². The number of likely N-dealkylation sites (tertiary alicyclic amines) is 1. The molecule has 1 atom stereocenters. The molecule has 1 amide bonds. The van der Waals surface area contributed by atoms with Crippen LogP contribution in [-0.4, -0.2) is 72.0 Å². The van der Waals surface area contributed by atoms with Crippen molar-refractivity contribution in [1.29, 1.82) is 0 Å². The summed E-state index contributed by atoms with van der Waals surface area (Å²) in [7, 11) is 4.89. The molecule has 0 aliphatic carbocycles. The Labute approximate surface area is 169 Å². The van der Waals surface area contributed by atoms with Crippen molar-refractivity contribution in [2.24, 2.45) is 11.7 Å². The van der Waals surface area contributed by atoms with Crippen LogP contribution in [0.5, 0.6) is 11.5 Å². The van der Waals surface area contributed by atoms with Gasteiger partial charge in [0.05, 0.1) is 27.4 Å². The molecule has 2 heterocycles. The van der Waals surface area contributed by atoms with Gasteiger partial charge in [0.1, 0.15) is 17.5 Å². The molecule has 10 nitrogen and oxygen atoms in total. The third-order valence-corrected chi connectivity index (χ3v) is 5.34. The standard InChI is InChI=1S/C19H28N6O4/c1-27-11-10-25-19(21-22-23-25)17(24-8-6-13(7-9-24)18(20)26)15-5-4-14(28-2)12-16(15)29-3/h4-5,12-13,17H,6-11H2,1-3H3,(H2,20,26). The zero-order valence-electron chi connectivity index (χ0n) is 17.1. The number of tetrazole rings is 1. The van der Waals surface area contributed by atoms with Crippen LogP contribution in [0.1, 0.15) is 30.3 Å². The van der Waals surface area contributed by atoms with E-state index in [0.717, 1.165) is 5.56 Å². The number of nitrogens with zero attached hydrogens (tertiary/aromatic N) is 5. The van der Waals surface area contributed by atoms with Crippen molar-refractivity contribution in [3.05, 3.63) is 29.6 Å². The number of aromatic nitrogens is 4. The monoisotopic (exact) mass is 404 g/mol. The highest BCUT2D eigenvalue weighted by atomic mass is 16.5. The lowest BCUT2D eigenvalue weighted by atomic mass is 9.93. The SMILES string of the molecule is COCCn1nnnc1C(c1ccc(OC)cc1OC)N1CCC(C(N)=O)CC1. The van der Waals surface area contributed by atoms with Crippen LogP contribution in [0, 0.1) is 5.92 Å². The molecule has 29 heavy (non-hydrogen) atoms. The number of methoxy groups -OCH3 is 3. The number of rotatable bonds is 9. The number of hydrogen-bond acceptors (Lipinski definition) is 8. The van der Waals surface area contributed by atoms with Gasteiger partial charge in [-0.2, -0.15) is 0 Å². The number of carbonyl (C=O) groups excluding carboxylic acids is 1. The molecule has 2 N–H and O–H groups in total. The van der Waals surface area contributed by atoms with E-state index < -0.39 is 0 Å². The lowest BCUT2D eigenvalue weighted by Crippen LogP contribution is -2.41. The highest BCUT2D eigenvalue weighted by Gasteiger charge is 2.34. The van der Waals surface area contributed by atoms with Crippen LogP contribution >= 0.6 is 0 Å². The van der Waals surface area contributed by atoms with Crippen LogP contribution in [0.4, 0.5) is 0 Å². The van der Waals surface area contributed by atoms with Crippen LogP contribution in [0.15, 0.2) is 18.2 Å². The highest BCUT2D eigenvalue weighted by molar-refractivity contribution is 5.76. The van der Waals surface area contributed by atoms with Crippen molar-refractivity contribution in [1.82, 2.24) is 25.1 Å². The van der Waals surface area contributed by atoms with Crippen LogP contribution in [0.2, 0.25) is 0 Å². The molecule has 1 aromatic carbocycles. The molecule has 158 valence electrons. The van der Waals surface area contributed by atoms with E-state index in [1.165, 1.54) is 0 Å². The van der Waals surface area contributed by atoms with Gasteiger partial charge in [0.15, 0.2) is 5.82 Å². The molecule has 1 aliphatic heterocycles. The maximum atomic E-state index is 11.6. The molecule has 1 saturated heterocycles. The first-order chi connectivity index (χ1) is 14.1. The van der Waals surface area contributed by atoms with Gasteiger partial charge in [0.25, 0.3) is 0 Å². The van der Waals surface area contributed by atoms with Crippen molar-refractivity contribution in [2.75, 3.05) is 41.0 Å². The average Bonchev–Trinajstić information content (AvgIpc) is 3.21. The molecule has 2 aromatic rings. The summed E-state index contributed by atoms with van der Waals surface area (Å²) in [5.41, 5.74) is 6.44. The molecule has 0 saturated carbocycles. The molecule has 1 unspecified atom stereocenters. The van der Waals surface area contributed by atoms with Crippen molar-refractivity contribution in [3.63, 3.8) is 0 Å². The fraction of sp³-hybridized carbons (Fsp3) is 0.579.